The van der Waals surface area contributed by atoms with E-state index < -0.39 is 6.09 Å². The standard InChI is InChI=1S/C16H19N5O2S/c1-8-9(2)13-12(19-10(8)3)6-21(16(22)23)14(13)11-4-20(5-11)15-17-7-18-24-15/h7,11,14H,4-6H2,1-3H3,(H,22,23). The van der Waals surface area contributed by atoms with Gasteiger partial charge in [-0.15, -0.1) is 0 Å². The smallest absolute Gasteiger partial charge is 0.408 e. The highest BCUT2D eigenvalue weighted by Crippen LogP contribution is 2.45. The largest absolute Gasteiger partial charge is 0.465 e. The van der Waals surface area contributed by atoms with Crippen LogP contribution in [0.25, 0.3) is 0 Å². The molecule has 0 spiro atoms. The van der Waals surface area contributed by atoms with E-state index in [9.17, 15) is 9.90 Å². The first-order valence-corrected chi connectivity index (χ1v) is 8.72. The van der Waals surface area contributed by atoms with Crippen LogP contribution in [0.4, 0.5) is 9.93 Å². The van der Waals surface area contributed by atoms with Crippen molar-refractivity contribution in [2.24, 2.45) is 5.92 Å². The summed E-state index contributed by atoms with van der Waals surface area (Å²) in [7, 11) is 0. The first-order chi connectivity index (χ1) is 11.5. The van der Waals surface area contributed by atoms with Gasteiger partial charge < -0.3 is 10.0 Å². The summed E-state index contributed by atoms with van der Waals surface area (Å²) in [6, 6.07) is -0.117. The van der Waals surface area contributed by atoms with Crippen LogP contribution in [0, 0.1) is 26.7 Å². The van der Waals surface area contributed by atoms with E-state index in [1.54, 1.807) is 11.2 Å². The third kappa shape index (κ3) is 2.16. The van der Waals surface area contributed by atoms with Crippen LogP contribution in [0.2, 0.25) is 0 Å². The molecular formula is C16H19N5O2S. The van der Waals surface area contributed by atoms with E-state index in [-0.39, 0.29) is 12.0 Å². The Labute approximate surface area is 144 Å². The summed E-state index contributed by atoms with van der Waals surface area (Å²) >= 11 is 1.37. The number of aryl methyl sites for hydroxylation is 1. The van der Waals surface area contributed by atoms with Gasteiger partial charge in [-0.2, -0.15) is 4.37 Å². The van der Waals surface area contributed by atoms with E-state index in [1.807, 2.05) is 6.92 Å². The summed E-state index contributed by atoms with van der Waals surface area (Å²) < 4.78 is 4.04. The lowest BCUT2D eigenvalue weighted by Crippen LogP contribution is -2.52. The van der Waals surface area contributed by atoms with Crippen LogP contribution in [-0.4, -0.2) is 43.5 Å². The first-order valence-electron chi connectivity index (χ1n) is 7.95. The van der Waals surface area contributed by atoms with Gasteiger partial charge in [0, 0.05) is 41.8 Å². The highest BCUT2D eigenvalue weighted by molar-refractivity contribution is 7.09. The SMILES string of the molecule is Cc1nc2c(c(C)c1C)C(C1CN(c3ncns3)C1)N(C(=O)O)C2. The molecule has 1 saturated heterocycles. The van der Waals surface area contributed by atoms with Crippen LogP contribution < -0.4 is 4.90 Å². The quantitative estimate of drug-likeness (QED) is 0.901. The molecule has 126 valence electrons. The number of hydrogen-bond acceptors (Lipinski definition) is 6. The van der Waals surface area contributed by atoms with Crippen molar-refractivity contribution in [2.45, 2.75) is 33.4 Å². The Morgan fingerprint density at radius 3 is 2.67 bits per heavy atom. The van der Waals surface area contributed by atoms with Crippen molar-refractivity contribution >= 4 is 22.8 Å². The molecule has 4 rings (SSSR count). The predicted molar refractivity (Wildman–Crippen MR) is 90.4 cm³/mol. The lowest BCUT2D eigenvalue weighted by atomic mass is 9.85. The third-order valence-corrected chi connectivity index (χ3v) is 6.02. The summed E-state index contributed by atoms with van der Waals surface area (Å²) in [5.41, 5.74) is 5.35. The van der Waals surface area contributed by atoms with E-state index in [1.165, 1.54) is 17.1 Å². The minimum atomic E-state index is -0.873. The van der Waals surface area contributed by atoms with Crippen LogP contribution in [-0.2, 0) is 6.54 Å². The van der Waals surface area contributed by atoms with Crippen molar-refractivity contribution in [1.82, 2.24) is 19.2 Å². The second-order valence-corrected chi connectivity index (χ2v) is 7.31. The molecule has 0 bridgehead atoms. The number of rotatable bonds is 2. The fourth-order valence-corrected chi connectivity index (χ4v) is 4.36. The Bertz CT molecular complexity index is 801. The van der Waals surface area contributed by atoms with Crippen molar-refractivity contribution in [3.63, 3.8) is 0 Å². The number of nitrogens with zero attached hydrogens (tertiary/aromatic N) is 5. The Kier molecular flexibility index (Phi) is 3.45. The highest BCUT2D eigenvalue weighted by atomic mass is 32.1. The normalized spacial score (nSPS) is 20.2. The minimum Gasteiger partial charge on any atom is -0.465 e. The van der Waals surface area contributed by atoms with Crippen molar-refractivity contribution in [1.29, 1.82) is 0 Å². The van der Waals surface area contributed by atoms with Gasteiger partial charge in [-0.25, -0.2) is 9.78 Å². The predicted octanol–water partition coefficient (Wildman–Crippen LogP) is 2.53. The van der Waals surface area contributed by atoms with Crippen LogP contribution in [0.1, 0.15) is 34.1 Å². The topological polar surface area (TPSA) is 82.5 Å². The second-order valence-electron chi connectivity index (χ2n) is 6.55. The molecule has 4 heterocycles. The Balaban J connectivity index is 1.67. The number of carbonyl (C=O) groups is 1. The molecule has 0 saturated carbocycles. The number of hydrogen-bond donors (Lipinski definition) is 1. The summed E-state index contributed by atoms with van der Waals surface area (Å²) in [6.07, 6.45) is 0.684. The van der Waals surface area contributed by atoms with E-state index in [4.69, 9.17) is 0 Å². The molecule has 2 aromatic heterocycles. The van der Waals surface area contributed by atoms with E-state index in [2.05, 4.69) is 33.1 Å². The summed E-state index contributed by atoms with van der Waals surface area (Å²) in [5, 5.41) is 10.6. The van der Waals surface area contributed by atoms with Crippen LogP contribution >= 0.6 is 11.5 Å². The van der Waals surface area contributed by atoms with Crippen molar-refractivity contribution in [3.05, 3.63) is 34.4 Å². The second kappa shape index (κ2) is 5.41. The Morgan fingerprint density at radius 2 is 2.04 bits per heavy atom. The van der Waals surface area contributed by atoms with E-state index in [0.29, 0.717) is 6.54 Å². The molecule has 1 atom stereocenters. The van der Waals surface area contributed by atoms with Gasteiger partial charge in [-0.3, -0.25) is 9.88 Å². The number of fused-ring (bicyclic) bond motifs is 1. The minimum absolute atomic E-state index is 0.117. The van der Waals surface area contributed by atoms with Gasteiger partial charge in [-0.05, 0) is 31.9 Å². The molecule has 1 amide bonds. The van der Waals surface area contributed by atoms with E-state index in [0.717, 1.165) is 40.7 Å². The number of aromatic nitrogens is 3. The average molecular weight is 345 g/mol. The van der Waals surface area contributed by atoms with Gasteiger partial charge in [0.2, 0.25) is 5.13 Å². The fourth-order valence-electron chi connectivity index (χ4n) is 3.82. The number of carboxylic acid groups (broad SMARTS) is 1. The molecule has 2 aliphatic rings. The Hall–Kier alpha value is -2.22. The van der Waals surface area contributed by atoms with E-state index >= 15 is 0 Å². The first kappa shape index (κ1) is 15.3. The van der Waals surface area contributed by atoms with Crippen molar-refractivity contribution < 1.29 is 9.90 Å². The molecule has 1 unspecified atom stereocenters. The molecular weight excluding hydrogens is 326 g/mol. The van der Waals surface area contributed by atoms with Gasteiger partial charge in [0.15, 0.2) is 0 Å². The molecule has 0 radical (unpaired) electrons. The summed E-state index contributed by atoms with van der Waals surface area (Å²) in [5.74, 6) is 0.258. The molecule has 0 aliphatic carbocycles. The van der Waals surface area contributed by atoms with Crippen LogP contribution in [0.15, 0.2) is 6.33 Å². The average Bonchev–Trinajstić information content (AvgIpc) is 3.12. The van der Waals surface area contributed by atoms with Gasteiger partial charge in [-0.1, -0.05) is 0 Å². The lowest BCUT2D eigenvalue weighted by Gasteiger charge is -2.44. The van der Waals surface area contributed by atoms with Crippen LogP contribution in [0.5, 0.6) is 0 Å². The molecule has 7 nitrogen and oxygen atoms in total. The summed E-state index contributed by atoms with van der Waals surface area (Å²) in [6.45, 7) is 8.12. The van der Waals surface area contributed by atoms with Crippen molar-refractivity contribution in [2.75, 3.05) is 18.0 Å². The lowest BCUT2D eigenvalue weighted by molar-refractivity contribution is 0.102. The number of pyridine rings is 1. The van der Waals surface area contributed by atoms with Gasteiger partial charge >= 0.3 is 6.09 Å². The van der Waals surface area contributed by atoms with Gasteiger partial charge in [0.1, 0.15) is 6.33 Å². The zero-order valence-corrected chi connectivity index (χ0v) is 14.7. The van der Waals surface area contributed by atoms with Crippen molar-refractivity contribution in [3.8, 4) is 0 Å². The number of amides is 1. The van der Waals surface area contributed by atoms with Crippen LogP contribution in [0.3, 0.4) is 0 Å². The molecule has 8 heteroatoms. The molecule has 1 fully saturated rings. The number of anilines is 1. The van der Waals surface area contributed by atoms with Gasteiger partial charge in [0.05, 0.1) is 18.3 Å². The molecule has 1 N–H and O–H groups in total. The fraction of sp³-hybridized carbons (Fsp3) is 0.500. The maximum atomic E-state index is 11.8. The zero-order chi connectivity index (χ0) is 17.0. The third-order valence-electron chi connectivity index (χ3n) is 5.30. The maximum Gasteiger partial charge on any atom is 0.408 e. The zero-order valence-electron chi connectivity index (χ0n) is 13.9. The molecule has 0 aromatic carbocycles. The Morgan fingerprint density at radius 1 is 1.29 bits per heavy atom. The highest BCUT2D eigenvalue weighted by Gasteiger charge is 2.46. The van der Waals surface area contributed by atoms with Gasteiger partial charge in [0.25, 0.3) is 0 Å². The monoisotopic (exact) mass is 345 g/mol. The maximum absolute atomic E-state index is 11.8. The molecule has 2 aliphatic heterocycles. The summed E-state index contributed by atoms with van der Waals surface area (Å²) in [4.78, 5) is 24.4. The molecule has 24 heavy (non-hydrogen) atoms. The molecule has 2 aromatic rings.